The van der Waals surface area contributed by atoms with Gasteiger partial charge in [-0.1, -0.05) is 18.5 Å². The van der Waals surface area contributed by atoms with Crippen molar-refractivity contribution in [1.29, 1.82) is 0 Å². The highest BCUT2D eigenvalue weighted by atomic mass is 35.5. The van der Waals surface area contributed by atoms with Crippen LogP contribution in [0, 0.1) is 5.92 Å². The molecule has 5 nitrogen and oxygen atoms in total. The van der Waals surface area contributed by atoms with Gasteiger partial charge in [0, 0.05) is 13.1 Å². The number of nitrogens with two attached hydrogens (primary N) is 1. The summed E-state index contributed by atoms with van der Waals surface area (Å²) in [7, 11) is 0. The van der Waals surface area contributed by atoms with Gasteiger partial charge in [-0.15, -0.1) is 0 Å². The monoisotopic (exact) mass is 269 g/mol. The van der Waals surface area contributed by atoms with Crippen LogP contribution in [0.3, 0.4) is 0 Å². The minimum Gasteiger partial charge on any atom is -0.368 e. The number of anilines is 2. The molecule has 18 heavy (non-hydrogen) atoms. The molecule has 1 aliphatic rings. The first-order chi connectivity index (χ1) is 8.65. The van der Waals surface area contributed by atoms with E-state index < -0.39 is 0 Å². The van der Waals surface area contributed by atoms with E-state index >= 15 is 0 Å². The Morgan fingerprint density at radius 2 is 2.22 bits per heavy atom. The zero-order valence-corrected chi connectivity index (χ0v) is 11.5. The summed E-state index contributed by atoms with van der Waals surface area (Å²) < 4.78 is 0. The highest BCUT2D eigenvalue weighted by Gasteiger charge is 2.14. The molecule has 6 heteroatoms. The fraction of sp³-hybridized carbons (Fsp3) is 0.667. The number of aromatic nitrogens is 2. The van der Waals surface area contributed by atoms with Crippen LogP contribution in [0.5, 0.6) is 0 Å². The van der Waals surface area contributed by atoms with Crippen LogP contribution >= 0.6 is 11.6 Å². The third-order valence-electron chi connectivity index (χ3n) is 3.15. The predicted octanol–water partition coefficient (Wildman–Crippen LogP) is 1.86. The van der Waals surface area contributed by atoms with Crippen molar-refractivity contribution in [2.75, 3.05) is 37.2 Å². The van der Waals surface area contributed by atoms with Gasteiger partial charge in [0.2, 0.25) is 5.95 Å². The van der Waals surface area contributed by atoms with E-state index in [1.54, 1.807) is 0 Å². The Hall–Kier alpha value is -1.07. The van der Waals surface area contributed by atoms with Crippen molar-refractivity contribution in [2.24, 2.45) is 5.92 Å². The summed E-state index contributed by atoms with van der Waals surface area (Å²) in [6, 6.07) is 0. The van der Waals surface area contributed by atoms with Crippen LogP contribution in [0.2, 0.25) is 5.02 Å². The van der Waals surface area contributed by atoms with Crippen molar-refractivity contribution < 1.29 is 0 Å². The maximum absolute atomic E-state index is 6.00. The number of nitrogen functional groups attached to an aromatic ring is 1. The molecular formula is C12H20ClN5. The van der Waals surface area contributed by atoms with Gasteiger partial charge in [0.05, 0.1) is 6.20 Å². The first-order valence-corrected chi connectivity index (χ1v) is 6.77. The van der Waals surface area contributed by atoms with E-state index in [0.717, 1.165) is 13.1 Å². The fourth-order valence-electron chi connectivity index (χ4n) is 2.25. The number of rotatable bonds is 5. The number of hydrogen-bond acceptors (Lipinski definition) is 5. The average Bonchev–Trinajstić information content (AvgIpc) is 2.83. The van der Waals surface area contributed by atoms with Crippen LogP contribution in [0.15, 0.2) is 6.20 Å². The first-order valence-electron chi connectivity index (χ1n) is 6.39. The molecule has 1 aromatic heterocycles. The Labute approximate surface area is 113 Å². The summed E-state index contributed by atoms with van der Waals surface area (Å²) in [4.78, 5) is 10.4. The largest absolute Gasteiger partial charge is 0.368 e. The Kier molecular flexibility index (Phi) is 4.60. The highest BCUT2D eigenvalue weighted by Crippen LogP contribution is 2.19. The van der Waals surface area contributed by atoms with Crippen LogP contribution in [0.1, 0.15) is 19.8 Å². The quantitative estimate of drug-likeness (QED) is 0.854. The standard InChI is InChI=1S/C12H20ClN5/c1-9(8-18-4-2-3-5-18)6-15-11-10(13)7-16-12(14)17-11/h7,9H,2-6,8H2,1H3,(H3,14,15,16,17). The van der Waals surface area contributed by atoms with Gasteiger partial charge in [-0.2, -0.15) is 4.98 Å². The lowest BCUT2D eigenvalue weighted by Crippen LogP contribution is -2.29. The van der Waals surface area contributed by atoms with E-state index in [0.29, 0.717) is 16.8 Å². The SMILES string of the molecule is CC(CNc1nc(N)ncc1Cl)CN1CCCC1. The summed E-state index contributed by atoms with van der Waals surface area (Å²) in [6.45, 7) is 6.64. The lowest BCUT2D eigenvalue weighted by atomic mass is 10.1. The Bertz CT molecular complexity index is 392. The maximum Gasteiger partial charge on any atom is 0.222 e. The van der Waals surface area contributed by atoms with Gasteiger partial charge < -0.3 is 16.0 Å². The van der Waals surface area contributed by atoms with Crippen molar-refractivity contribution in [1.82, 2.24) is 14.9 Å². The number of hydrogen-bond donors (Lipinski definition) is 2. The summed E-state index contributed by atoms with van der Waals surface area (Å²) in [5.41, 5.74) is 5.54. The molecule has 1 unspecified atom stereocenters. The van der Waals surface area contributed by atoms with Crippen molar-refractivity contribution >= 4 is 23.4 Å². The van der Waals surface area contributed by atoms with Gasteiger partial charge in [-0.25, -0.2) is 4.98 Å². The van der Waals surface area contributed by atoms with Gasteiger partial charge >= 0.3 is 0 Å². The fourth-order valence-corrected chi connectivity index (χ4v) is 2.40. The van der Waals surface area contributed by atoms with Gasteiger partial charge in [-0.05, 0) is 31.8 Å². The second kappa shape index (κ2) is 6.20. The molecule has 0 radical (unpaired) electrons. The number of halogens is 1. The molecule has 0 aromatic carbocycles. The van der Waals surface area contributed by atoms with Crippen LogP contribution < -0.4 is 11.1 Å². The lowest BCUT2D eigenvalue weighted by molar-refractivity contribution is 0.294. The molecule has 100 valence electrons. The van der Waals surface area contributed by atoms with Gasteiger partial charge in [0.1, 0.15) is 10.8 Å². The summed E-state index contributed by atoms with van der Waals surface area (Å²) in [5.74, 6) is 1.42. The second-order valence-electron chi connectivity index (χ2n) is 4.92. The van der Waals surface area contributed by atoms with Crippen molar-refractivity contribution in [3.63, 3.8) is 0 Å². The second-order valence-corrected chi connectivity index (χ2v) is 5.33. The summed E-state index contributed by atoms with van der Waals surface area (Å²) in [5, 5.41) is 3.75. The molecule has 0 bridgehead atoms. The van der Waals surface area contributed by atoms with Gasteiger partial charge in [0.25, 0.3) is 0 Å². The molecule has 0 saturated carbocycles. The van der Waals surface area contributed by atoms with E-state index in [9.17, 15) is 0 Å². The Morgan fingerprint density at radius 1 is 1.50 bits per heavy atom. The van der Waals surface area contributed by atoms with Crippen molar-refractivity contribution in [2.45, 2.75) is 19.8 Å². The molecule has 1 saturated heterocycles. The Morgan fingerprint density at radius 3 is 2.94 bits per heavy atom. The maximum atomic E-state index is 6.00. The third-order valence-corrected chi connectivity index (χ3v) is 3.43. The minimum atomic E-state index is 0.245. The van der Waals surface area contributed by atoms with E-state index in [1.807, 2.05) is 0 Å². The third kappa shape index (κ3) is 3.71. The molecule has 2 rings (SSSR count). The molecule has 0 aliphatic carbocycles. The molecule has 2 heterocycles. The van der Waals surface area contributed by atoms with E-state index in [4.69, 9.17) is 17.3 Å². The molecule has 1 atom stereocenters. The summed E-state index contributed by atoms with van der Waals surface area (Å²) >= 11 is 6.00. The zero-order chi connectivity index (χ0) is 13.0. The topological polar surface area (TPSA) is 67.1 Å². The first kappa shape index (κ1) is 13.4. The van der Waals surface area contributed by atoms with Crippen LogP contribution in [0.4, 0.5) is 11.8 Å². The molecule has 0 spiro atoms. The number of nitrogens with zero attached hydrogens (tertiary/aromatic N) is 3. The van der Waals surface area contributed by atoms with Crippen LogP contribution in [0.25, 0.3) is 0 Å². The minimum absolute atomic E-state index is 0.245. The Balaban J connectivity index is 1.81. The predicted molar refractivity (Wildman–Crippen MR) is 74.8 cm³/mol. The van der Waals surface area contributed by atoms with Crippen molar-refractivity contribution in [3.05, 3.63) is 11.2 Å². The van der Waals surface area contributed by atoms with E-state index in [2.05, 4.69) is 27.1 Å². The van der Waals surface area contributed by atoms with E-state index in [1.165, 1.54) is 32.1 Å². The van der Waals surface area contributed by atoms with Gasteiger partial charge in [0.15, 0.2) is 0 Å². The molecule has 1 aliphatic heterocycles. The molecular weight excluding hydrogens is 250 g/mol. The molecule has 3 N–H and O–H groups in total. The lowest BCUT2D eigenvalue weighted by Gasteiger charge is -2.20. The number of likely N-dealkylation sites (tertiary alicyclic amines) is 1. The van der Waals surface area contributed by atoms with Crippen LogP contribution in [-0.2, 0) is 0 Å². The molecule has 1 aromatic rings. The van der Waals surface area contributed by atoms with E-state index in [-0.39, 0.29) is 5.95 Å². The smallest absolute Gasteiger partial charge is 0.222 e. The highest BCUT2D eigenvalue weighted by molar-refractivity contribution is 6.32. The molecule has 0 amide bonds. The van der Waals surface area contributed by atoms with Crippen LogP contribution in [-0.4, -0.2) is 41.0 Å². The van der Waals surface area contributed by atoms with Crippen molar-refractivity contribution in [3.8, 4) is 0 Å². The summed E-state index contributed by atoms with van der Waals surface area (Å²) in [6.07, 6.45) is 4.18. The number of nitrogens with one attached hydrogen (secondary N) is 1. The molecule has 1 fully saturated rings. The van der Waals surface area contributed by atoms with Gasteiger partial charge in [-0.3, -0.25) is 0 Å². The zero-order valence-electron chi connectivity index (χ0n) is 10.7. The normalized spacial score (nSPS) is 17.9. The average molecular weight is 270 g/mol.